The van der Waals surface area contributed by atoms with Gasteiger partial charge in [0, 0.05) is 6.07 Å². The predicted molar refractivity (Wildman–Crippen MR) is 57.9 cm³/mol. The Morgan fingerprint density at radius 1 is 1.44 bits per heavy atom. The van der Waals surface area contributed by atoms with Crippen LogP contribution in [0.3, 0.4) is 0 Å². The first-order valence-corrected chi connectivity index (χ1v) is 5.42. The van der Waals surface area contributed by atoms with Gasteiger partial charge in [-0.15, -0.1) is 13.2 Å². The average molecular weight is 378 g/mol. The summed E-state index contributed by atoms with van der Waals surface area (Å²) in [6.45, 7) is 0. The summed E-state index contributed by atoms with van der Waals surface area (Å²) < 4.78 is 64.6. The molecule has 0 fully saturated rings. The molecule has 1 heterocycles. The molecule has 1 aromatic heterocycles. The molecule has 0 spiro atoms. The van der Waals surface area contributed by atoms with Crippen molar-refractivity contribution in [2.75, 3.05) is 0 Å². The Labute approximate surface area is 112 Å². The first kappa shape index (κ1) is 14.9. The Kier molecular flexibility index (Phi) is 4.66. The van der Waals surface area contributed by atoms with E-state index >= 15 is 0 Å². The van der Waals surface area contributed by atoms with E-state index in [-0.39, 0.29) is 15.7 Å². The van der Waals surface area contributed by atoms with Crippen LogP contribution in [0.2, 0.25) is 0 Å². The molecule has 98 valence electrons. The third-order valence-electron chi connectivity index (χ3n) is 1.71. The van der Waals surface area contributed by atoms with Crippen LogP contribution in [-0.4, -0.2) is 11.3 Å². The van der Waals surface area contributed by atoms with Gasteiger partial charge in [-0.25, -0.2) is 13.8 Å². The SMILES string of the molecule is N#CCc1nc(C(F)F)cc(OC(F)(F)F)c1I. The van der Waals surface area contributed by atoms with Gasteiger partial charge in [0.2, 0.25) is 0 Å². The zero-order chi connectivity index (χ0) is 13.9. The third kappa shape index (κ3) is 3.94. The van der Waals surface area contributed by atoms with Crippen molar-refractivity contribution in [1.29, 1.82) is 5.26 Å². The van der Waals surface area contributed by atoms with Crippen molar-refractivity contribution >= 4 is 22.6 Å². The second-order valence-corrected chi connectivity index (χ2v) is 4.07. The summed E-state index contributed by atoms with van der Waals surface area (Å²) in [5.74, 6) is -0.779. The van der Waals surface area contributed by atoms with Crippen molar-refractivity contribution in [3.63, 3.8) is 0 Å². The molecule has 0 aliphatic rings. The van der Waals surface area contributed by atoms with Crippen LogP contribution in [0.25, 0.3) is 0 Å². The zero-order valence-electron chi connectivity index (χ0n) is 8.43. The van der Waals surface area contributed by atoms with Crippen LogP contribution < -0.4 is 4.74 Å². The molecular formula is C9H4F5IN2O. The smallest absolute Gasteiger partial charge is 0.405 e. The van der Waals surface area contributed by atoms with E-state index in [4.69, 9.17) is 5.26 Å². The fourth-order valence-electron chi connectivity index (χ4n) is 1.08. The molecule has 0 aliphatic heterocycles. The van der Waals surface area contributed by atoms with Gasteiger partial charge in [-0.2, -0.15) is 5.26 Å². The van der Waals surface area contributed by atoms with Crippen molar-refractivity contribution in [3.8, 4) is 11.8 Å². The number of hydrogen-bond donors (Lipinski definition) is 0. The predicted octanol–water partition coefficient (Wildman–Crippen LogP) is 3.59. The highest BCUT2D eigenvalue weighted by Crippen LogP contribution is 2.32. The summed E-state index contributed by atoms with van der Waals surface area (Å²) in [6, 6.07) is 2.15. The minimum absolute atomic E-state index is 0.115. The highest BCUT2D eigenvalue weighted by molar-refractivity contribution is 14.1. The Bertz CT molecular complexity index is 483. The number of rotatable bonds is 3. The molecule has 3 nitrogen and oxygen atoms in total. The van der Waals surface area contributed by atoms with Crippen LogP contribution in [0.5, 0.6) is 5.75 Å². The van der Waals surface area contributed by atoms with E-state index in [2.05, 4.69) is 9.72 Å². The van der Waals surface area contributed by atoms with Crippen molar-refractivity contribution in [2.45, 2.75) is 19.2 Å². The van der Waals surface area contributed by atoms with Gasteiger partial charge in [0.15, 0.2) is 0 Å². The average Bonchev–Trinajstić information content (AvgIpc) is 2.21. The van der Waals surface area contributed by atoms with Crippen molar-refractivity contribution in [3.05, 3.63) is 21.0 Å². The van der Waals surface area contributed by atoms with Crippen LogP contribution in [0, 0.1) is 14.9 Å². The number of halogens is 6. The maximum absolute atomic E-state index is 12.4. The lowest BCUT2D eigenvalue weighted by Crippen LogP contribution is -2.19. The second kappa shape index (κ2) is 5.64. The summed E-state index contributed by atoms with van der Waals surface area (Å²) in [5.41, 5.74) is -1.03. The summed E-state index contributed by atoms with van der Waals surface area (Å²) >= 11 is 1.46. The zero-order valence-corrected chi connectivity index (χ0v) is 10.6. The molecule has 0 unspecified atom stereocenters. The quantitative estimate of drug-likeness (QED) is 0.597. The molecule has 0 amide bonds. The second-order valence-electron chi connectivity index (χ2n) is 2.99. The van der Waals surface area contributed by atoms with Gasteiger partial charge < -0.3 is 4.74 Å². The molecule has 0 bridgehead atoms. The van der Waals surface area contributed by atoms with Crippen molar-refractivity contribution < 1.29 is 26.7 Å². The van der Waals surface area contributed by atoms with E-state index in [0.29, 0.717) is 6.07 Å². The van der Waals surface area contributed by atoms with Gasteiger partial charge >= 0.3 is 6.36 Å². The molecule has 0 radical (unpaired) electrons. The molecule has 0 aliphatic carbocycles. The molecule has 1 rings (SSSR count). The molecule has 0 saturated heterocycles. The number of pyridine rings is 1. The summed E-state index contributed by atoms with van der Waals surface area (Å²) in [7, 11) is 0. The van der Waals surface area contributed by atoms with Gasteiger partial charge in [0.25, 0.3) is 6.43 Å². The highest BCUT2D eigenvalue weighted by atomic mass is 127. The minimum Gasteiger partial charge on any atom is -0.405 e. The largest absolute Gasteiger partial charge is 0.573 e. The van der Waals surface area contributed by atoms with Gasteiger partial charge in [-0.3, -0.25) is 0 Å². The van der Waals surface area contributed by atoms with Crippen LogP contribution >= 0.6 is 22.6 Å². The highest BCUT2D eigenvalue weighted by Gasteiger charge is 2.33. The molecule has 0 saturated carbocycles. The number of aromatic nitrogens is 1. The van der Waals surface area contributed by atoms with Crippen LogP contribution in [0.1, 0.15) is 17.8 Å². The standard InChI is InChI=1S/C9H4F5IN2O/c10-8(11)5-3-6(18-9(12,13)14)7(15)4(17-5)1-2-16/h3,8H,1H2. The van der Waals surface area contributed by atoms with Crippen LogP contribution in [0.4, 0.5) is 22.0 Å². The molecular weight excluding hydrogens is 374 g/mol. The lowest BCUT2D eigenvalue weighted by molar-refractivity contribution is -0.275. The van der Waals surface area contributed by atoms with Crippen molar-refractivity contribution in [2.24, 2.45) is 0 Å². The number of nitrogens with zero attached hydrogens (tertiary/aromatic N) is 2. The van der Waals surface area contributed by atoms with Crippen LogP contribution in [-0.2, 0) is 6.42 Å². The van der Waals surface area contributed by atoms with E-state index in [1.54, 1.807) is 6.07 Å². The maximum atomic E-state index is 12.4. The minimum atomic E-state index is -5.00. The first-order chi connectivity index (χ1) is 8.24. The Morgan fingerprint density at radius 3 is 2.50 bits per heavy atom. The number of hydrogen-bond acceptors (Lipinski definition) is 3. The monoisotopic (exact) mass is 378 g/mol. The molecule has 9 heteroatoms. The summed E-state index contributed by atoms with van der Waals surface area (Å²) in [6.07, 6.45) is -8.42. The summed E-state index contributed by atoms with van der Waals surface area (Å²) in [5, 5.41) is 8.45. The van der Waals surface area contributed by atoms with Gasteiger partial charge in [-0.1, -0.05) is 0 Å². The van der Waals surface area contributed by atoms with E-state index in [0.717, 1.165) is 0 Å². The molecule has 0 atom stereocenters. The first-order valence-electron chi connectivity index (χ1n) is 4.34. The number of nitriles is 1. The van der Waals surface area contributed by atoms with Gasteiger partial charge in [-0.05, 0) is 22.6 Å². The van der Waals surface area contributed by atoms with E-state index < -0.39 is 24.2 Å². The van der Waals surface area contributed by atoms with Gasteiger partial charge in [0.1, 0.15) is 11.4 Å². The number of alkyl halides is 5. The fourth-order valence-corrected chi connectivity index (χ4v) is 1.66. The Hall–Kier alpha value is -1.18. The topological polar surface area (TPSA) is 45.9 Å². The lowest BCUT2D eigenvalue weighted by atomic mass is 10.2. The Balaban J connectivity index is 3.27. The summed E-state index contributed by atoms with van der Waals surface area (Å²) in [4.78, 5) is 3.42. The normalized spacial score (nSPS) is 11.4. The van der Waals surface area contributed by atoms with Gasteiger partial charge in [0.05, 0.1) is 21.8 Å². The number of ether oxygens (including phenoxy) is 1. The Morgan fingerprint density at radius 2 is 2.06 bits per heavy atom. The molecule has 0 N–H and O–H groups in total. The van der Waals surface area contributed by atoms with E-state index in [1.807, 2.05) is 0 Å². The molecule has 1 aromatic rings. The molecule has 0 aromatic carbocycles. The van der Waals surface area contributed by atoms with Crippen molar-refractivity contribution in [1.82, 2.24) is 4.98 Å². The lowest BCUT2D eigenvalue weighted by Gasteiger charge is -2.13. The third-order valence-corrected chi connectivity index (χ3v) is 2.86. The van der Waals surface area contributed by atoms with Crippen LogP contribution in [0.15, 0.2) is 6.07 Å². The maximum Gasteiger partial charge on any atom is 0.573 e. The van der Waals surface area contributed by atoms with E-state index in [9.17, 15) is 22.0 Å². The van der Waals surface area contributed by atoms with E-state index in [1.165, 1.54) is 22.6 Å². The fraction of sp³-hybridized carbons (Fsp3) is 0.333. The molecule has 18 heavy (non-hydrogen) atoms.